The summed E-state index contributed by atoms with van der Waals surface area (Å²) in [6.07, 6.45) is 1.97. The van der Waals surface area contributed by atoms with E-state index in [0.29, 0.717) is 18.0 Å². The second kappa shape index (κ2) is 5.53. The van der Waals surface area contributed by atoms with E-state index < -0.39 is 0 Å². The van der Waals surface area contributed by atoms with Crippen LogP contribution in [0.5, 0.6) is 0 Å². The average molecular weight is 245 g/mol. The van der Waals surface area contributed by atoms with E-state index in [1.807, 2.05) is 12.4 Å². The summed E-state index contributed by atoms with van der Waals surface area (Å²) < 4.78 is 2.30. The van der Waals surface area contributed by atoms with Crippen molar-refractivity contribution in [2.75, 3.05) is 6.54 Å². The molecule has 1 N–H and O–H groups in total. The molecule has 0 fully saturated rings. The first-order valence-electron chi connectivity index (χ1n) is 6.74. The van der Waals surface area contributed by atoms with Crippen LogP contribution in [0.4, 0.5) is 0 Å². The number of hydrogen-bond donors (Lipinski definition) is 1. The zero-order valence-corrected chi connectivity index (χ0v) is 11.7. The molecule has 0 saturated carbocycles. The van der Waals surface area contributed by atoms with E-state index >= 15 is 0 Å². The molecular weight excluding hydrogens is 222 g/mol. The fourth-order valence-corrected chi connectivity index (χ4v) is 2.25. The standard InChI is InChI=1S/C15H23N3/c1-11(2)15(9-16-12(3)4)18-10-17-13-7-5-6-8-14(13)18/h5-8,10-12,15-16H,9H2,1-4H3. The first-order chi connectivity index (χ1) is 8.59. The minimum atomic E-state index is 0.444. The Morgan fingerprint density at radius 2 is 1.89 bits per heavy atom. The predicted molar refractivity (Wildman–Crippen MR) is 76.7 cm³/mol. The average Bonchev–Trinajstić information content (AvgIpc) is 2.73. The number of para-hydroxylation sites is 2. The summed E-state index contributed by atoms with van der Waals surface area (Å²) in [6.45, 7) is 9.88. The fraction of sp³-hybridized carbons (Fsp3) is 0.533. The lowest BCUT2D eigenvalue weighted by atomic mass is 10.0. The second-order valence-corrected chi connectivity index (χ2v) is 5.51. The number of imidazole rings is 1. The van der Waals surface area contributed by atoms with Gasteiger partial charge in [-0.05, 0) is 18.1 Å². The van der Waals surface area contributed by atoms with E-state index in [1.165, 1.54) is 5.52 Å². The summed E-state index contributed by atoms with van der Waals surface area (Å²) in [7, 11) is 0. The van der Waals surface area contributed by atoms with Gasteiger partial charge in [-0.1, -0.05) is 39.8 Å². The van der Waals surface area contributed by atoms with Gasteiger partial charge in [-0.25, -0.2) is 4.98 Å². The van der Waals surface area contributed by atoms with E-state index in [0.717, 1.165) is 12.1 Å². The molecule has 0 aliphatic carbocycles. The van der Waals surface area contributed by atoms with Crippen LogP contribution in [0.2, 0.25) is 0 Å². The minimum absolute atomic E-state index is 0.444. The maximum Gasteiger partial charge on any atom is 0.0961 e. The molecule has 0 aliphatic rings. The highest BCUT2D eigenvalue weighted by atomic mass is 15.1. The molecule has 3 heteroatoms. The predicted octanol–water partition coefficient (Wildman–Crippen LogP) is 3.23. The van der Waals surface area contributed by atoms with Crippen molar-refractivity contribution in [3.63, 3.8) is 0 Å². The molecule has 3 nitrogen and oxygen atoms in total. The molecule has 0 spiro atoms. The molecule has 1 unspecified atom stereocenters. The molecule has 0 radical (unpaired) electrons. The molecule has 2 rings (SSSR count). The van der Waals surface area contributed by atoms with Crippen molar-refractivity contribution in [2.45, 2.75) is 39.8 Å². The summed E-state index contributed by atoms with van der Waals surface area (Å²) in [5.74, 6) is 0.578. The second-order valence-electron chi connectivity index (χ2n) is 5.51. The van der Waals surface area contributed by atoms with E-state index in [-0.39, 0.29) is 0 Å². The zero-order valence-electron chi connectivity index (χ0n) is 11.7. The molecule has 1 heterocycles. The van der Waals surface area contributed by atoms with Crippen LogP contribution in [0, 0.1) is 5.92 Å². The molecule has 0 amide bonds. The van der Waals surface area contributed by atoms with Gasteiger partial charge in [0, 0.05) is 18.6 Å². The Kier molecular flexibility index (Phi) is 4.02. The topological polar surface area (TPSA) is 29.9 Å². The number of aromatic nitrogens is 2. The third-order valence-electron chi connectivity index (χ3n) is 3.34. The van der Waals surface area contributed by atoms with Crippen LogP contribution in [-0.2, 0) is 0 Å². The highest BCUT2D eigenvalue weighted by molar-refractivity contribution is 5.75. The molecule has 0 saturated heterocycles. The normalized spacial score (nSPS) is 13.7. The smallest absolute Gasteiger partial charge is 0.0961 e. The van der Waals surface area contributed by atoms with E-state index in [4.69, 9.17) is 0 Å². The van der Waals surface area contributed by atoms with Crippen LogP contribution in [-0.4, -0.2) is 22.1 Å². The Morgan fingerprint density at radius 3 is 2.56 bits per heavy atom. The Morgan fingerprint density at radius 1 is 1.17 bits per heavy atom. The first kappa shape index (κ1) is 13.1. The van der Waals surface area contributed by atoms with Crippen molar-refractivity contribution in [1.82, 2.24) is 14.9 Å². The minimum Gasteiger partial charge on any atom is -0.326 e. The molecule has 2 aromatic rings. The quantitative estimate of drug-likeness (QED) is 0.876. The summed E-state index contributed by atoms with van der Waals surface area (Å²) in [5, 5.41) is 3.53. The Hall–Kier alpha value is -1.35. The van der Waals surface area contributed by atoms with Gasteiger partial charge in [0.2, 0.25) is 0 Å². The van der Waals surface area contributed by atoms with Gasteiger partial charge >= 0.3 is 0 Å². The number of fused-ring (bicyclic) bond motifs is 1. The Balaban J connectivity index is 2.30. The molecule has 1 aromatic carbocycles. The largest absolute Gasteiger partial charge is 0.326 e. The van der Waals surface area contributed by atoms with Crippen LogP contribution in [0.3, 0.4) is 0 Å². The Bertz CT molecular complexity index is 499. The van der Waals surface area contributed by atoms with E-state index in [9.17, 15) is 0 Å². The summed E-state index contributed by atoms with van der Waals surface area (Å²) in [4.78, 5) is 4.48. The maximum atomic E-state index is 4.48. The van der Waals surface area contributed by atoms with Crippen LogP contribution in [0.25, 0.3) is 11.0 Å². The lowest BCUT2D eigenvalue weighted by Gasteiger charge is -2.25. The van der Waals surface area contributed by atoms with E-state index in [1.54, 1.807) is 0 Å². The highest BCUT2D eigenvalue weighted by Gasteiger charge is 2.17. The molecule has 18 heavy (non-hydrogen) atoms. The van der Waals surface area contributed by atoms with Gasteiger partial charge in [-0.2, -0.15) is 0 Å². The number of hydrogen-bond acceptors (Lipinski definition) is 2. The van der Waals surface area contributed by atoms with Crippen LogP contribution in [0.15, 0.2) is 30.6 Å². The van der Waals surface area contributed by atoms with Gasteiger partial charge in [0.05, 0.1) is 17.4 Å². The first-order valence-corrected chi connectivity index (χ1v) is 6.74. The number of rotatable bonds is 5. The number of nitrogens with one attached hydrogen (secondary N) is 1. The van der Waals surface area contributed by atoms with Crippen molar-refractivity contribution in [3.8, 4) is 0 Å². The van der Waals surface area contributed by atoms with Gasteiger partial charge in [0.1, 0.15) is 0 Å². The SMILES string of the molecule is CC(C)NCC(C(C)C)n1cnc2ccccc21. The lowest BCUT2D eigenvalue weighted by molar-refractivity contribution is 0.352. The molecule has 1 atom stereocenters. The van der Waals surface area contributed by atoms with Crippen molar-refractivity contribution < 1.29 is 0 Å². The monoisotopic (exact) mass is 245 g/mol. The van der Waals surface area contributed by atoms with E-state index in [2.05, 4.69) is 60.8 Å². The van der Waals surface area contributed by atoms with Gasteiger partial charge in [-0.15, -0.1) is 0 Å². The van der Waals surface area contributed by atoms with Crippen molar-refractivity contribution in [3.05, 3.63) is 30.6 Å². The molecule has 98 valence electrons. The van der Waals surface area contributed by atoms with Gasteiger partial charge in [-0.3, -0.25) is 0 Å². The van der Waals surface area contributed by atoms with Gasteiger partial charge < -0.3 is 9.88 Å². The Labute approximate surface area is 109 Å². The summed E-state index contributed by atoms with van der Waals surface area (Å²) >= 11 is 0. The van der Waals surface area contributed by atoms with Gasteiger partial charge in [0.15, 0.2) is 0 Å². The van der Waals surface area contributed by atoms with Crippen molar-refractivity contribution in [2.24, 2.45) is 5.92 Å². The molecule has 0 aliphatic heterocycles. The summed E-state index contributed by atoms with van der Waals surface area (Å²) in [5.41, 5.74) is 2.30. The third-order valence-corrected chi connectivity index (χ3v) is 3.34. The maximum absolute atomic E-state index is 4.48. The van der Waals surface area contributed by atoms with Crippen molar-refractivity contribution in [1.29, 1.82) is 0 Å². The highest BCUT2D eigenvalue weighted by Crippen LogP contribution is 2.22. The van der Waals surface area contributed by atoms with Crippen molar-refractivity contribution >= 4 is 11.0 Å². The molecule has 1 aromatic heterocycles. The zero-order chi connectivity index (χ0) is 13.1. The number of benzene rings is 1. The third kappa shape index (κ3) is 2.72. The summed E-state index contributed by atoms with van der Waals surface area (Å²) in [6, 6.07) is 9.29. The van der Waals surface area contributed by atoms with Gasteiger partial charge in [0.25, 0.3) is 0 Å². The number of nitrogens with zero attached hydrogens (tertiary/aromatic N) is 2. The molecule has 0 bridgehead atoms. The van der Waals surface area contributed by atoms with Crippen LogP contribution < -0.4 is 5.32 Å². The van der Waals surface area contributed by atoms with Crippen LogP contribution in [0.1, 0.15) is 33.7 Å². The lowest BCUT2D eigenvalue weighted by Crippen LogP contribution is -2.32. The molecular formula is C15H23N3. The fourth-order valence-electron chi connectivity index (χ4n) is 2.25. The van der Waals surface area contributed by atoms with Crippen LogP contribution >= 0.6 is 0 Å².